The molecule has 0 amide bonds. The number of allylic oxidation sites excluding steroid dienone is 1. The number of nitro groups is 1. The van der Waals surface area contributed by atoms with Gasteiger partial charge in [-0.25, -0.2) is 0 Å². The predicted octanol–water partition coefficient (Wildman–Crippen LogP) is 4.54. The zero-order valence-electron chi connectivity index (χ0n) is 12.4. The molecule has 0 N–H and O–H groups in total. The normalized spacial score (nSPS) is 10.7. The summed E-state index contributed by atoms with van der Waals surface area (Å²) in [7, 11) is 0. The van der Waals surface area contributed by atoms with Crippen LogP contribution in [-0.4, -0.2) is 17.3 Å². The molecule has 0 heterocycles. The molecule has 0 saturated carbocycles. The van der Waals surface area contributed by atoms with Crippen LogP contribution in [0.4, 0.5) is 5.69 Å². The topological polar surface area (TPSA) is 69.4 Å². The summed E-state index contributed by atoms with van der Waals surface area (Å²) in [5.74, 6) is 0.262. The average Bonchev–Trinajstić information content (AvgIpc) is 2.54. The minimum Gasteiger partial charge on any atom is -0.493 e. The largest absolute Gasteiger partial charge is 0.493 e. The Balaban J connectivity index is 2.25. The lowest BCUT2D eigenvalue weighted by molar-refractivity contribution is -0.384. The molecule has 6 heteroatoms. The Morgan fingerprint density at radius 1 is 1.30 bits per heavy atom. The molecule has 0 aliphatic rings. The Hall–Kier alpha value is -2.66. The molecule has 0 spiro atoms. The van der Waals surface area contributed by atoms with Crippen molar-refractivity contribution in [2.45, 2.75) is 6.92 Å². The highest BCUT2D eigenvalue weighted by Crippen LogP contribution is 2.26. The van der Waals surface area contributed by atoms with Gasteiger partial charge in [-0.1, -0.05) is 35.9 Å². The first-order chi connectivity index (χ1) is 11.0. The summed E-state index contributed by atoms with van der Waals surface area (Å²) in [4.78, 5) is 22.6. The number of rotatable bonds is 6. The van der Waals surface area contributed by atoms with Crippen molar-refractivity contribution in [3.63, 3.8) is 0 Å². The second kappa shape index (κ2) is 7.56. The van der Waals surface area contributed by atoms with Gasteiger partial charge < -0.3 is 4.74 Å². The summed E-state index contributed by atoms with van der Waals surface area (Å²) in [6.45, 7) is 2.29. The van der Waals surface area contributed by atoms with Crippen LogP contribution in [0, 0.1) is 10.1 Å². The minimum absolute atomic E-state index is 0.0557. The molecule has 23 heavy (non-hydrogen) atoms. The van der Waals surface area contributed by atoms with Gasteiger partial charge in [0.2, 0.25) is 0 Å². The van der Waals surface area contributed by atoms with Crippen LogP contribution >= 0.6 is 11.6 Å². The number of nitro benzene ring substituents is 1. The number of benzene rings is 2. The molecule has 0 fully saturated rings. The van der Waals surface area contributed by atoms with E-state index in [4.69, 9.17) is 16.3 Å². The van der Waals surface area contributed by atoms with Crippen molar-refractivity contribution >= 4 is 29.1 Å². The van der Waals surface area contributed by atoms with Crippen LogP contribution in [0.25, 0.3) is 6.08 Å². The van der Waals surface area contributed by atoms with E-state index in [9.17, 15) is 14.9 Å². The smallest absolute Gasteiger partial charge is 0.288 e. The third kappa shape index (κ3) is 4.17. The quantitative estimate of drug-likeness (QED) is 0.337. The number of carbonyl (C=O) groups is 1. The summed E-state index contributed by atoms with van der Waals surface area (Å²) in [6.07, 6.45) is 2.86. The van der Waals surface area contributed by atoms with E-state index in [1.165, 1.54) is 24.3 Å². The summed E-state index contributed by atoms with van der Waals surface area (Å²) in [6, 6.07) is 11.3. The minimum atomic E-state index is -0.564. The van der Waals surface area contributed by atoms with Gasteiger partial charge in [-0.3, -0.25) is 14.9 Å². The number of nitrogens with zero attached hydrogens (tertiary/aromatic N) is 1. The third-order valence-electron chi connectivity index (χ3n) is 3.05. The van der Waals surface area contributed by atoms with Gasteiger partial charge in [0.15, 0.2) is 5.78 Å². The monoisotopic (exact) mass is 331 g/mol. The summed E-state index contributed by atoms with van der Waals surface area (Å²) in [5.41, 5.74) is 0.758. The Kier molecular flexibility index (Phi) is 5.49. The highest BCUT2D eigenvalue weighted by atomic mass is 35.5. The Labute approximate surface area is 138 Å². The molecular formula is C17H14ClNO4. The summed E-state index contributed by atoms with van der Waals surface area (Å²) >= 11 is 5.76. The fourth-order valence-corrected chi connectivity index (χ4v) is 2.17. The van der Waals surface area contributed by atoms with E-state index < -0.39 is 4.92 Å². The highest BCUT2D eigenvalue weighted by molar-refractivity contribution is 6.32. The van der Waals surface area contributed by atoms with Crippen molar-refractivity contribution in [2.24, 2.45) is 0 Å². The highest BCUT2D eigenvalue weighted by Gasteiger charge is 2.12. The number of hydrogen-bond acceptors (Lipinski definition) is 4. The maximum atomic E-state index is 12.3. The molecule has 0 aromatic heterocycles. The van der Waals surface area contributed by atoms with Gasteiger partial charge in [0, 0.05) is 6.07 Å². The van der Waals surface area contributed by atoms with Crippen molar-refractivity contribution in [2.75, 3.05) is 6.61 Å². The van der Waals surface area contributed by atoms with Crippen molar-refractivity contribution in [3.05, 3.63) is 74.8 Å². The number of ether oxygens (including phenoxy) is 1. The van der Waals surface area contributed by atoms with Gasteiger partial charge in [-0.2, -0.15) is 0 Å². The predicted molar refractivity (Wildman–Crippen MR) is 89.1 cm³/mol. The van der Waals surface area contributed by atoms with Crippen molar-refractivity contribution in [1.29, 1.82) is 0 Å². The van der Waals surface area contributed by atoms with E-state index in [1.807, 2.05) is 6.92 Å². The first-order valence-electron chi connectivity index (χ1n) is 6.91. The maximum absolute atomic E-state index is 12.3. The lowest BCUT2D eigenvalue weighted by Gasteiger charge is -2.06. The third-order valence-corrected chi connectivity index (χ3v) is 3.37. The molecule has 2 rings (SSSR count). The standard InChI is InChI=1S/C17H14ClNO4/c1-2-23-17-6-4-3-5-13(17)16(20)10-8-12-7-9-14(18)15(11-12)19(21)22/h3-11H,2H2,1H3/b10-8+. The Bertz CT molecular complexity index is 771. The second-order valence-electron chi connectivity index (χ2n) is 4.59. The zero-order chi connectivity index (χ0) is 16.8. The van der Waals surface area contributed by atoms with Crippen molar-refractivity contribution < 1.29 is 14.5 Å². The molecule has 118 valence electrons. The van der Waals surface area contributed by atoms with Crippen LogP contribution in [-0.2, 0) is 0 Å². The summed E-state index contributed by atoms with van der Waals surface area (Å²) in [5, 5.41) is 10.9. The molecule has 0 unspecified atom stereocenters. The fraction of sp³-hybridized carbons (Fsp3) is 0.118. The average molecular weight is 332 g/mol. The van der Waals surface area contributed by atoms with E-state index in [1.54, 1.807) is 30.3 Å². The van der Waals surface area contributed by atoms with Gasteiger partial charge in [0.05, 0.1) is 17.1 Å². The molecule has 0 saturated heterocycles. The van der Waals surface area contributed by atoms with E-state index >= 15 is 0 Å². The van der Waals surface area contributed by atoms with Gasteiger partial charge in [-0.05, 0) is 36.8 Å². The lowest BCUT2D eigenvalue weighted by Crippen LogP contribution is -2.01. The maximum Gasteiger partial charge on any atom is 0.288 e. The van der Waals surface area contributed by atoms with E-state index in [0.717, 1.165) is 0 Å². The molecular weight excluding hydrogens is 318 g/mol. The van der Waals surface area contributed by atoms with Crippen LogP contribution in [0.1, 0.15) is 22.8 Å². The van der Waals surface area contributed by atoms with Crippen LogP contribution in [0.5, 0.6) is 5.75 Å². The van der Waals surface area contributed by atoms with Gasteiger partial charge in [-0.15, -0.1) is 0 Å². The van der Waals surface area contributed by atoms with Crippen LogP contribution in [0.3, 0.4) is 0 Å². The molecule has 0 aliphatic carbocycles. The number of hydrogen-bond donors (Lipinski definition) is 0. The SMILES string of the molecule is CCOc1ccccc1C(=O)/C=C/c1ccc(Cl)c([N+](=O)[O-])c1. The van der Waals surface area contributed by atoms with Gasteiger partial charge in [0.1, 0.15) is 10.8 Å². The van der Waals surface area contributed by atoms with Crippen molar-refractivity contribution in [1.82, 2.24) is 0 Å². The number of carbonyl (C=O) groups excluding carboxylic acids is 1. The molecule has 0 atom stereocenters. The zero-order valence-corrected chi connectivity index (χ0v) is 13.1. The lowest BCUT2D eigenvalue weighted by atomic mass is 10.1. The van der Waals surface area contributed by atoms with E-state index in [-0.39, 0.29) is 16.5 Å². The molecule has 5 nitrogen and oxygen atoms in total. The Morgan fingerprint density at radius 3 is 2.74 bits per heavy atom. The number of halogens is 1. The van der Waals surface area contributed by atoms with E-state index in [0.29, 0.717) is 23.5 Å². The van der Waals surface area contributed by atoms with E-state index in [2.05, 4.69) is 0 Å². The van der Waals surface area contributed by atoms with Gasteiger partial charge >= 0.3 is 0 Å². The van der Waals surface area contributed by atoms with Crippen molar-refractivity contribution in [3.8, 4) is 5.75 Å². The summed E-state index contributed by atoms with van der Waals surface area (Å²) < 4.78 is 5.41. The van der Waals surface area contributed by atoms with Crippen LogP contribution in [0.15, 0.2) is 48.5 Å². The molecule has 0 aliphatic heterocycles. The number of ketones is 1. The van der Waals surface area contributed by atoms with Crippen LogP contribution < -0.4 is 4.74 Å². The first-order valence-corrected chi connectivity index (χ1v) is 7.29. The molecule has 2 aromatic rings. The Morgan fingerprint density at radius 2 is 2.04 bits per heavy atom. The van der Waals surface area contributed by atoms with Gasteiger partial charge in [0.25, 0.3) is 5.69 Å². The molecule has 2 aromatic carbocycles. The fourth-order valence-electron chi connectivity index (χ4n) is 1.99. The second-order valence-corrected chi connectivity index (χ2v) is 5.00. The molecule has 0 bridgehead atoms. The van der Waals surface area contributed by atoms with Crippen LogP contribution in [0.2, 0.25) is 5.02 Å². The molecule has 0 radical (unpaired) electrons. The first kappa shape index (κ1) is 16.7. The number of para-hydroxylation sites is 1.